The zero-order valence-electron chi connectivity index (χ0n) is 12.7. The van der Waals surface area contributed by atoms with Gasteiger partial charge < -0.3 is 19.9 Å². The summed E-state index contributed by atoms with van der Waals surface area (Å²) in [6.45, 7) is 0.804. The first-order valence-electron chi connectivity index (χ1n) is 7.86. The molecule has 2 fully saturated rings. The summed E-state index contributed by atoms with van der Waals surface area (Å²) >= 11 is 0. The molecule has 0 radical (unpaired) electrons. The molecule has 21 heavy (non-hydrogen) atoms. The van der Waals surface area contributed by atoms with E-state index in [2.05, 4.69) is 5.32 Å². The molecule has 2 saturated carbocycles. The third-order valence-corrected chi connectivity index (χ3v) is 4.47. The minimum absolute atomic E-state index is 0.129. The number of benzene rings is 1. The molecule has 2 unspecified atom stereocenters. The largest absolute Gasteiger partial charge is 0.490 e. The van der Waals surface area contributed by atoms with Crippen LogP contribution in [-0.4, -0.2) is 36.5 Å². The van der Waals surface area contributed by atoms with Crippen molar-refractivity contribution in [2.75, 3.05) is 13.7 Å². The molecule has 2 aliphatic carbocycles. The first-order valence-corrected chi connectivity index (χ1v) is 7.86. The quantitative estimate of drug-likeness (QED) is 0.809. The van der Waals surface area contributed by atoms with E-state index in [0.29, 0.717) is 12.6 Å². The molecule has 2 atom stereocenters. The van der Waals surface area contributed by atoms with E-state index < -0.39 is 0 Å². The molecule has 1 aromatic rings. The van der Waals surface area contributed by atoms with E-state index in [-0.39, 0.29) is 18.2 Å². The molecule has 0 saturated heterocycles. The molecule has 0 aromatic heterocycles. The summed E-state index contributed by atoms with van der Waals surface area (Å²) in [5.74, 6) is 0.898. The van der Waals surface area contributed by atoms with Crippen LogP contribution in [0.2, 0.25) is 0 Å². The van der Waals surface area contributed by atoms with Crippen molar-refractivity contribution >= 4 is 0 Å². The number of rotatable bonds is 7. The van der Waals surface area contributed by atoms with Crippen LogP contribution in [0.1, 0.15) is 37.7 Å². The smallest absolute Gasteiger partial charge is 0.120 e. The van der Waals surface area contributed by atoms with Crippen molar-refractivity contribution in [3.63, 3.8) is 0 Å². The normalized spacial score (nSPS) is 28.8. The molecule has 2 N–H and O–H groups in total. The first kappa shape index (κ1) is 14.8. The van der Waals surface area contributed by atoms with Crippen LogP contribution in [0.4, 0.5) is 0 Å². The predicted octanol–water partition coefficient (Wildman–Crippen LogP) is 2.25. The Bertz CT molecular complexity index is 475. The second kappa shape index (κ2) is 6.34. The monoisotopic (exact) mass is 291 g/mol. The highest BCUT2D eigenvalue weighted by atomic mass is 16.5. The second-order valence-electron chi connectivity index (χ2n) is 6.42. The van der Waals surface area contributed by atoms with Gasteiger partial charge >= 0.3 is 0 Å². The molecule has 116 valence electrons. The van der Waals surface area contributed by atoms with E-state index in [9.17, 15) is 5.11 Å². The fourth-order valence-corrected chi connectivity index (χ4v) is 3.23. The molecule has 1 aromatic carbocycles. The number of hydrogen-bond acceptors (Lipinski definition) is 4. The predicted molar refractivity (Wildman–Crippen MR) is 81.4 cm³/mol. The number of methoxy groups -OCH3 is 1. The van der Waals surface area contributed by atoms with Crippen molar-refractivity contribution in [1.29, 1.82) is 0 Å². The summed E-state index contributed by atoms with van der Waals surface area (Å²) in [5, 5.41) is 13.4. The van der Waals surface area contributed by atoms with Gasteiger partial charge in [0.1, 0.15) is 11.9 Å². The van der Waals surface area contributed by atoms with Crippen LogP contribution in [-0.2, 0) is 11.3 Å². The molecule has 0 amide bonds. The highest BCUT2D eigenvalue weighted by Crippen LogP contribution is 2.35. The topological polar surface area (TPSA) is 50.7 Å². The zero-order valence-corrected chi connectivity index (χ0v) is 12.7. The van der Waals surface area contributed by atoms with Crippen LogP contribution in [0.3, 0.4) is 0 Å². The highest BCUT2D eigenvalue weighted by molar-refractivity contribution is 5.28. The van der Waals surface area contributed by atoms with Crippen LogP contribution < -0.4 is 10.1 Å². The molecular formula is C17H25NO3. The summed E-state index contributed by atoms with van der Waals surface area (Å²) in [5.41, 5.74) is 0.994. The van der Waals surface area contributed by atoms with Gasteiger partial charge in [-0.1, -0.05) is 12.1 Å². The maximum Gasteiger partial charge on any atom is 0.120 e. The minimum atomic E-state index is -0.129. The average Bonchev–Trinajstić information content (AvgIpc) is 3.20. The number of aliphatic hydroxyl groups excluding tert-OH is 1. The molecule has 4 nitrogen and oxygen atoms in total. The SMILES string of the molecule is COCc1cccc(OC2CCC(CO)(NC3CC3)C2)c1. The van der Waals surface area contributed by atoms with E-state index in [0.717, 1.165) is 30.6 Å². The number of nitrogens with one attached hydrogen (secondary N) is 1. The molecule has 0 heterocycles. The lowest BCUT2D eigenvalue weighted by atomic mass is 9.98. The van der Waals surface area contributed by atoms with E-state index in [4.69, 9.17) is 9.47 Å². The first-order chi connectivity index (χ1) is 10.2. The van der Waals surface area contributed by atoms with Gasteiger partial charge in [0.05, 0.1) is 13.2 Å². The summed E-state index contributed by atoms with van der Waals surface area (Å²) < 4.78 is 11.3. The van der Waals surface area contributed by atoms with Crippen molar-refractivity contribution < 1.29 is 14.6 Å². The van der Waals surface area contributed by atoms with E-state index in [1.54, 1.807) is 7.11 Å². The molecule has 3 rings (SSSR count). The number of ether oxygens (including phenoxy) is 2. The van der Waals surface area contributed by atoms with E-state index in [1.807, 2.05) is 24.3 Å². The summed E-state index contributed by atoms with van der Waals surface area (Å²) in [7, 11) is 1.70. The van der Waals surface area contributed by atoms with Gasteiger partial charge in [-0.25, -0.2) is 0 Å². The fourth-order valence-electron chi connectivity index (χ4n) is 3.23. The lowest BCUT2D eigenvalue weighted by Crippen LogP contribution is -2.48. The Balaban J connectivity index is 1.59. The zero-order chi connectivity index (χ0) is 14.7. The number of hydrogen-bond donors (Lipinski definition) is 2. The van der Waals surface area contributed by atoms with Crippen LogP contribution in [0.25, 0.3) is 0 Å². The Morgan fingerprint density at radius 2 is 2.19 bits per heavy atom. The van der Waals surface area contributed by atoms with Gasteiger partial charge in [-0.05, 0) is 43.4 Å². The Labute approximate surface area is 126 Å². The summed E-state index contributed by atoms with van der Waals surface area (Å²) in [4.78, 5) is 0. The minimum Gasteiger partial charge on any atom is -0.490 e. The van der Waals surface area contributed by atoms with Crippen molar-refractivity contribution in [3.8, 4) is 5.75 Å². The molecule has 0 spiro atoms. The third kappa shape index (κ3) is 3.76. The van der Waals surface area contributed by atoms with Gasteiger partial charge in [0, 0.05) is 25.1 Å². The Morgan fingerprint density at radius 1 is 1.33 bits per heavy atom. The standard InChI is InChI=1S/C17H25NO3/c1-20-11-13-3-2-4-15(9-13)21-16-7-8-17(10-16,12-19)18-14-5-6-14/h2-4,9,14,16,18-19H,5-8,10-12H2,1H3. The van der Waals surface area contributed by atoms with Crippen molar-refractivity contribution in [2.24, 2.45) is 0 Å². The average molecular weight is 291 g/mol. The van der Waals surface area contributed by atoms with Gasteiger partial charge in [0.2, 0.25) is 0 Å². The van der Waals surface area contributed by atoms with Crippen molar-refractivity contribution in [1.82, 2.24) is 5.32 Å². The Hall–Kier alpha value is -1.10. The van der Waals surface area contributed by atoms with Gasteiger partial charge in [-0.3, -0.25) is 0 Å². The van der Waals surface area contributed by atoms with Crippen LogP contribution in [0.5, 0.6) is 5.75 Å². The molecule has 4 heteroatoms. The third-order valence-electron chi connectivity index (χ3n) is 4.47. The lowest BCUT2D eigenvalue weighted by Gasteiger charge is -2.28. The van der Waals surface area contributed by atoms with E-state index in [1.165, 1.54) is 12.8 Å². The second-order valence-corrected chi connectivity index (χ2v) is 6.42. The molecular weight excluding hydrogens is 266 g/mol. The van der Waals surface area contributed by atoms with Crippen LogP contribution in [0, 0.1) is 0 Å². The Morgan fingerprint density at radius 3 is 2.90 bits per heavy atom. The van der Waals surface area contributed by atoms with Gasteiger partial charge in [-0.2, -0.15) is 0 Å². The fraction of sp³-hybridized carbons (Fsp3) is 0.647. The van der Waals surface area contributed by atoms with Gasteiger partial charge in [0.25, 0.3) is 0 Å². The summed E-state index contributed by atoms with van der Waals surface area (Å²) in [6, 6.07) is 8.68. The van der Waals surface area contributed by atoms with Crippen LogP contribution in [0.15, 0.2) is 24.3 Å². The maximum atomic E-state index is 9.76. The molecule has 0 bridgehead atoms. The van der Waals surface area contributed by atoms with Gasteiger partial charge in [-0.15, -0.1) is 0 Å². The van der Waals surface area contributed by atoms with Gasteiger partial charge in [0.15, 0.2) is 0 Å². The van der Waals surface area contributed by atoms with Crippen molar-refractivity contribution in [3.05, 3.63) is 29.8 Å². The lowest BCUT2D eigenvalue weighted by molar-refractivity contribution is 0.138. The molecule has 0 aliphatic heterocycles. The number of aliphatic hydroxyl groups is 1. The van der Waals surface area contributed by atoms with E-state index >= 15 is 0 Å². The summed E-state index contributed by atoms with van der Waals surface area (Å²) in [6.07, 6.45) is 5.53. The highest BCUT2D eigenvalue weighted by Gasteiger charge is 2.42. The maximum absolute atomic E-state index is 9.76. The van der Waals surface area contributed by atoms with Crippen molar-refractivity contribution in [2.45, 2.75) is 56.4 Å². The molecule has 2 aliphatic rings. The van der Waals surface area contributed by atoms with Crippen LogP contribution >= 0.6 is 0 Å². The Kier molecular flexibility index (Phi) is 4.48.